The fraction of sp³-hybridized carbons (Fsp3) is 0.417. The van der Waals surface area contributed by atoms with Crippen LogP contribution < -0.4 is 5.32 Å². The number of hydrogen-bond donors (Lipinski definition) is 1. The van der Waals surface area contributed by atoms with E-state index in [1.165, 1.54) is 11.8 Å². The Kier molecular flexibility index (Phi) is 6.02. The zero-order valence-electron chi connectivity index (χ0n) is 10.1. The molecule has 5 heteroatoms. The first-order valence-corrected chi connectivity index (χ1v) is 7.28. The van der Waals surface area contributed by atoms with Gasteiger partial charge >= 0.3 is 0 Å². The van der Waals surface area contributed by atoms with Crippen molar-refractivity contribution in [1.82, 2.24) is 0 Å². The Labute approximate surface area is 114 Å². The van der Waals surface area contributed by atoms with E-state index in [9.17, 15) is 4.79 Å². The highest BCUT2D eigenvalue weighted by Gasteiger charge is 2.14. The predicted molar refractivity (Wildman–Crippen MR) is 76.5 cm³/mol. The van der Waals surface area contributed by atoms with Gasteiger partial charge in [0.15, 0.2) is 0 Å². The van der Waals surface area contributed by atoms with Crippen molar-refractivity contribution in [2.75, 3.05) is 18.7 Å². The first-order chi connectivity index (χ1) is 8.10. The van der Waals surface area contributed by atoms with Crippen LogP contribution in [0.25, 0.3) is 0 Å². The second-order valence-corrected chi connectivity index (χ2v) is 5.60. The van der Waals surface area contributed by atoms with Crippen molar-refractivity contribution in [1.29, 1.82) is 0 Å². The van der Waals surface area contributed by atoms with E-state index >= 15 is 0 Å². The first-order valence-electron chi connectivity index (χ1n) is 5.20. The third kappa shape index (κ3) is 4.01. The Bertz CT molecular complexity index is 398. The Morgan fingerprint density at radius 2 is 2.29 bits per heavy atom. The largest absolute Gasteiger partial charge is 0.380 e. The molecule has 0 saturated heterocycles. The van der Waals surface area contributed by atoms with Crippen LogP contribution in [0.1, 0.15) is 12.5 Å². The Morgan fingerprint density at radius 1 is 1.59 bits per heavy atom. The highest BCUT2D eigenvalue weighted by molar-refractivity contribution is 9.10. The maximum Gasteiger partial charge on any atom is 0.237 e. The SMILES string of the molecule is COCc1c(Br)cccc1NC(=O)C(C)SC. The van der Waals surface area contributed by atoms with Gasteiger partial charge in [0.1, 0.15) is 0 Å². The van der Waals surface area contributed by atoms with Crippen molar-refractivity contribution in [3.8, 4) is 0 Å². The fourth-order valence-corrected chi connectivity index (χ4v) is 2.06. The number of ether oxygens (including phenoxy) is 1. The van der Waals surface area contributed by atoms with Gasteiger partial charge in [-0.1, -0.05) is 22.0 Å². The number of carbonyl (C=O) groups is 1. The van der Waals surface area contributed by atoms with Gasteiger partial charge in [-0.25, -0.2) is 0 Å². The Balaban J connectivity index is 2.90. The van der Waals surface area contributed by atoms with Crippen molar-refractivity contribution in [2.45, 2.75) is 18.8 Å². The summed E-state index contributed by atoms with van der Waals surface area (Å²) in [6.07, 6.45) is 1.92. The summed E-state index contributed by atoms with van der Waals surface area (Å²) in [5.74, 6) is 0.00736. The van der Waals surface area contributed by atoms with Gasteiger partial charge in [0.05, 0.1) is 11.9 Å². The summed E-state index contributed by atoms with van der Waals surface area (Å²) >= 11 is 4.98. The van der Waals surface area contributed by atoms with Crippen LogP contribution in [0.4, 0.5) is 5.69 Å². The smallest absolute Gasteiger partial charge is 0.237 e. The number of rotatable bonds is 5. The zero-order valence-corrected chi connectivity index (χ0v) is 12.5. The lowest BCUT2D eigenvalue weighted by atomic mass is 10.2. The summed E-state index contributed by atoms with van der Waals surface area (Å²) in [6, 6.07) is 5.70. The molecule has 1 unspecified atom stereocenters. The number of hydrogen-bond acceptors (Lipinski definition) is 3. The minimum atomic E-state index is -0.0654. The molecular weight excluding hydrogens is 302 g/mol. The molecule has 0 radical (unpaired) electrons. The summed E-state index contributed by atoms with van der Waals surface area (Å²) in [5, 5.41) is 2.85. The molecule has 1 atom stereocenters. The number of nitrogens with one attached hydrogen (secondary N) is 1. The van der Waals surface area contributed by atoms with Crippen LogP contribution in [0.5, 0.6) is 0 Å². The number of amides is 1. The molecule has 17 heavy (non-hydrogen) atoms. The third-order valence-corrected chi connectivity index (χ3v) is 4.05. The topological polar surface area (TPSA) is 38.3 Å². The second-order valence-electron chi connectivity index (χ2n) is 3.57. The molecule has 94 valence electrons. The van der Waals surface area contributed by atoms with E-state index in [0.717, 1.165) is 15.7 Å². The molecule has 0 heterocycles. The average Bonchev–Trinajstić information content (AvgIpc) is 2.32. The minimum absolute atomic E-state index is 0.00736. The Morgan fingerprint density at radius 3 is 2.88 bits per heavy atom. The first kappa shape index (κ1) is 14.5. The average molecular weight is 318 g/mol. The molecular formula is C12H16BrNO2S. The van der Waals surface area contributed by atoms with Crippen molar-refractivity contribution >= 4 is 39.3 Å². The van der Waals surface area contributed by atoms with E-state index in [1.54, 1.807) is 7.11 Å². The number of thioether (sulfide) groups is 1. The van der Waals surface area contributed by atoms with Gasteiger partial charge in [-0.2, -0.15) is 11.8 Å². The Hall–Kier alpha value is -0.520. The lowest BCUT2D eigenvalue weighted by Gasteiger charge is -2.14. The monoisotopic (exact) mass is 317 g/mol. The number of carbonyl (C=O) groups excluding carboxylic acids is 1. The molecule has 1 aromatic carbocycles. The van der Waals surface area contributed by atoms with E-state index in [2.05, 4.69) is 21.2 Å². The van der Waals surface area contributed by atoms with E-state index in [1.807, 2.05) is 31.4 Å². The van der Waals surface area contributed by atoms with Crippen molar-refractivity contribution in [3.63, 3.8) is 0 Å². The van der Waals surface area contributed by atoms with Crippen LogP contribution in [0, 0.1) is 0 Å². The van der Waals surface area contributed by atoms with Crippen LogP contribution >= 0.6 is 27.7 Å². The fourth-order valence-electron chi connectivity index (χ4n) is 1.31. The van der Waals surface area contributed by atoms with Gasteiger partial charge in [-0.05, 0) is 25.3 Å². The van der Waals surface area contributed by atoms with E-state index in [-0.39, 0.29) is 11.2 Å². The van der Waals surface area contributed by atoms with Gasteiger partial charge in [-0.3, -0.25) is 4.79 Å². The molecule has 1 amide bonds. The molecule has 0 bridgehead atoms. The standard InChI is InChI=1S/C12H16BrNO2S/c1-8(17-3)12(15)14-11-6-4-5-10(13)9(11)7-16-2/h4-6,8H,7H2,1-3H3,(H,14,15). The quantitative estimate of drug-likeness (QED) is 0.905. The molecule has 1 aromatic rings. The number of benzene rings is 1. The third-order valence-electron chi connectivity index (χ3n) is 2.39. The maximum absolute atomic E-state index is 11.8. The molecule has 0 saturated carbocycles. The molecule has 1 N–H and O–H groups in total. The van der Waals surface area contributed by atoms with Crippen LogP contribution in [0.3, 0.4) is 0 Å². The second kappa shape index (κ2) is 7.03. The lowest BCUT2D eigenvalue weighted by molar-refractivity contribution is -0.115. The van der Waals surface area contributed by atoms with E-state index in [4.69, 9.17) is 4.74 Å². The van der Waals surface area contributed by atoms with Crippen molar-refractivity contribution in [3.05, 3.63) is 28.2 Å². The molecule has 0 aliphatic heterocycles. The molecule has 0 fully saturated rings. The van der Waals surface area contributed by atoms with Crippen molar-refractivity contribution in [2.24, 2.45) is 0 Å². The van der Waals surface area contributed by atoms with Gasteiger partial charge in [0, 0.05) is 22.8 Å². The summed E-state index contributed by atoms with van der Waals surface area (Å²) in [6.45, 7) is 2.35. The van der Waals surface area contributed by atoms with E-state index < -0.39 is 0 Å². The molecule has 1 rings (SSSR count). The maximum atomic E-state index is 11.8. The minimum Gasteiger partial charge on any atom is -0.380 e. The number of halogens is 1. The summed E-state index contributed by atoms with van der Waals surface area (Å²) < 4.78 is 6.07. The van der Waals surface area contributed by atoms with Crippen LogP contribution in [-0.4, -0.2) is 24.5 Å². The normalized spacial score (nSPS) is 12.2. The van der Waals surface area contributed by atoms with Crippen LogP contribution in [0.2, 0.25) is 0 Å². The molecule has 0 spiro atoms. The zero-order chi connectivity index (χ0) is 12.8. The van der Waals surface area contributed by atoms with Crippen LogP contribution in [-0.2, 0) is 16.1 Å². The molecule has 0 aliphatic carbocycles. The number of methoxy groups -OCH3 is 1. The van der Waals surface area contributed by atoms with Gasteiger partial charge in [0.2, 0.25) is 5.91 Å². The summed E-state index contributed by atoms with van der Waals surface area (Å²) in [4.78, 5) is 11.8. The van der Waals surface area contributed by atoms with Gasteiger partial charge in [0.25, 0.3) is 0 Å². The predicted octanol–water partition coefficient (Wildman–Crippen LogP) is 3.29. The highest BCUT2D eigenvalue weighted by Crippen LogP contribution is 2.26. The van der Waals surface area contributed by atoms with E-state index in [0.29, 0.717) is 6.61 Å². The highest BCUT2D eigenvalue weighted by atomic mass is 79.9. The van der Waals surface area contributed by atoms with Gasteiger partial charge < -0.3 is 10.1 Å². The van der Waals surface area contributed by atoms with Gasteiger partial charge in [-0.15, -0.1) is 0 Å². The molecule has 0 aliphatic rings. The summed E-state index contributed by atoms with van der Waals surface area (Å²) in [7, 11) is 1.63. The van der Waals surface area contributed by atoms with Crippen LogP contribution in [0.15, 0.2) is 22.7 Å². The molecule has 3 nitrogen and oxygen atoms in total. The number of anilines is 1. The van der Waals surface area contributed by atoms with Crippen molar-refractivity contribution < 1.29 is 9.53 Å². The lowest BCUT2D eigenvalue weighted by Crippen LogP contribution is -2.22. The molecule has 0 aromatic heterocycles. The summed E-state index contributed by atoms with van der Waals surface area (Å²) in [5.41, 5.74) is 1.75.